The van der Waals surface area contributed by atoms with Crippen LogP contribution in [0.2, 0.25) is 0 Å². The summed E-state index contributed by atoms with van der Waals surface area (Å²) in [5, 5.41) is 9.41. The molecule has 3 heterocycles. The summed E-state index contributed by atoms with van der Waals surface area (Å²) >= 11 is 0. The number of furan rings is 1. The van der Waals surface area contributed by atoms with Crippen LogP contribution in [0, 0.1) is 0 Å². The minimum atomic E-state index is 0.581. The molecular formula is C45H26N2O2. The number of para-hydroxylation sites is 1. The second-order valence-electron chi connectivity index (χ2n) is 12.8. The van der Waals surface area contributed by atoms with Crippen LogP contribution in [0.1, 0.15) is 0 Å². The molecule has 0 aliphatic heterocycles. The quantitative estimate of drug-likeness (QED) is 0.196. The lowest BCUT2D eigenvalue weighted by molar-refractivity contribution is 0.619. The van der Waals surface area contributed by atoms with Crippen molar-refractivity contribution >= 4 is 76.4 Å². The van der Waals surface area contributed by atoms with Crippen LogP contribution in [0.25, 0.3) is 105 Å². The van der Waals surface area contributed by atoms with Crippen molar-refractivity contribution in [2.45, 2.75) is 0 Å². The van der Waals surface area contributed by atoms with E-state index in [9.17, 15) is 0 Å². The van der Waals surface area contributed by atoms with E-state index < -0.39 is 0 Å². The number of benzene rings is 8. The van der Waals surface area contributed by atoms with Crippen LogP contribution in [0.5, 0.6) is 0 Å². The first-order valence-electron chi connectivity index (χ1n) is 16.5. The Morgan fingerprint density at radius 2 is 1.04 bits per heavy atom. The molecule has 4 heteroatoms. The summed E-state index contributed by atoms with van der Waals surface area (Å²) in [6.07, 6.45) is 0. The van der Waals surface area contributed by atoms with Gasteiger partial charge < -0.3 is 13.4 Å². The van der Waals surface area contributed by atoms with Crippen LogP contribution in [-0.2, 0) is 0 Å². The van der Waals surface area contributed by atoms with E-state index in [2.05, 4.69) is 126 Å². The predicted octanol–water partition coefficient (Wildman–Crippen LogP) is 12.5. The summed E-state index contributed by atoms with van der Waals surface area (Å²) in [6, 6.07) is 55.6. The first-order chi connectivity index (χ1) is 24.3. The fraction of sp³-hybridized carbons (Fsp3) is 0. The Kier molecular flexibility index (Phi) is 5.35. The molecule has 4 nitrogen and oxygen atoms in total. The maximum atomic E-state index is 6.55. The first-order valence-corrected chi connectivity index (χ1v) is 16.5. The molecule has 0 fully saturated rings. The van der Waals surface area contributed by atoms with E-state index in [1.807, 2.05) is 36.4 Å². The molecule has 0 N–H and O–H groups in total. The number of rotatable bonds is 3. The van der Waals surface area contributed by atoms with E-state index in [1.54, 1.807) is 0 Å². The zero-order valence-corrected chi connectivity index (χ0v) is 26.2. The van der Waals surface area contributed by atoms with Gasteiger partial charge in [-0.25, -0.2) is 4.98 Å². The van der Waals surface area contributed by atoms with E-state index in [4.69, 9.17) is 13.8 Å². The van der Waals surface area contributed by atoms with Gasteiger partial charge in [0, 0.05) is 33.0 Å². The monoisotopic (exact) mass is 626 g/mol. The molecule has 0 radical (unpaired) electrons. The fourth-order valence-corrected chi connectivity index (χ4v) is 7.65. The van der Waals surface area contributed by atoms with Gasteiger partial charge in [-0.15, -0.1) is 0 Å². The maximum Gasteiger partial charge on any atom is 0.227 e. The summed E-state index contributed by atoms with van der Waals surface area (Å²) < 4.78 is 15.4. The molecule has 0 atom stereocenters. The summed E-state index contributed by atoms with van der Waals surface area (Å²) in [4.78, 5) is 5.10. The number of oxazole rings is 1. The van der Waals surface area contributed by atoms with Gasteiger partial charge in [0.05, 0.1) is 16.4 Å². The van der Waals surface area contributed by atoms with Crippen molar-refractivity contribution in [1.82, 2.24) is 9.55 Å². The van der Waals surface area contributed by atoms with E-state index in [0.717, 1.165) is 55.4 Å². The molecule has 0 spiro atoms. The highest BCUT2D eigenvalue weighted by Crippen LogP contribution is 2.42. The number of fused-ring (bicyclic) bond motifs is 10. The van der Waals surface area contributed by atoms with Crippen LogP contribution in [0.4, 0.5) is 0 Å². The Labute approximate surface area is 280 Å². The molecule has 8 aromatic carbocycles. The van der Waals surface area contributed by atoms with Gasteiger partial charge in [0.2, 0.25) is 5.89 Å². The summed E-state index contributed by atoms with van der Waals surface area (Å²) in [7, 11) is 0. The molecule has 0 aliphatic rings. The Morgan fingerprint density at radius 1 is 0.449 bits per heavy atom. The first kappa shape index (κ1) is 26.4. The van der Waals surface area contributed by atoms with Gasteiger partial charge >= 0.3 is 0 Å². The minimum Gasteiger partial charge on any atom is -0.455 e. The van der Waals surface area contributed by atoms with Gasteiger partial charge in [-0.1, -0.05) is 97.1 Å². The summed E-state index contributed by atoms with van der Waals surface area (Å²) in [5.41, 5.74) is 9.62. The molecule has 3 aromatic heterocycles. The molecular weight excluding hydrogens is 601 g/mol. The molecule has 0 saturated heterocycles. The zero-order chi connectivity index (χ0) is 32.1. The Hall–Kier alpha value is -6.65. The van der Waals surface area contributed by atoms with Crippen molar-refractivity contribution < 1.29 is 8.83 Å². The third kappa shape index (κ3) is 3.89. The third-order valence-electron chi connectivity index (χ3n) is 9.96. The van der Waals surface area contributed by atoms with Gasteiger partial charge in [0.15, 0.2) is 5.58 Å². The molecule has 228 valence electrons. The van der Waals surface area contributed by atoms with Gasteiger partial charge in [-0.2, -0.15) is 0 Å². The van der Waals surface area contributed by atoms with Crippen LogP contribution in [-0.4, -0.2) is 9.55 Å². The molecule has 0 amide bonds. The van der Waals surface area contributed by atoms with Crippen molar-refractivity contribution in [2.75, 3.05) is 0 Å². The largest absolute Gasteiger partial charge is 0.455 e. The fourth-order valence-electron chi connectivity index (χ4n) is 7.65. The van der Waals surface area contributed by atoms with Gasteiger partial charge in [-0.05, 0) is 87.8 Å². The van der Waals surface area contributed by atoms with E-state index >= 15 is 0 Å². The van der Waals surface area contributed by atoms with E-state index in [1.165, 1.54) is 43.4 Å². The lowest BCUT2D eigenvalue weighted by Gasteiger charge is -2.09. The van der Waals surface area contributed by atoms with Crippen molar-refractivity contribution in [3.8, 4) is 28.3 Å². The van der Waals surface area contributed by atoms with Crippen molar-refractivity contribution in [3.05, 3.63) is 158 Å². The Morgan fingerprint density at radius 3 is 1.71 bits per heavy atom. The van der Waals surface area contributed by atoms with Gasteiger partial charge in [0.25, 0.3) is 0 Å². The van der Waals surface area contributed by atoms with E-state index in [0.29, 0.717) is 5.89 Å². The number of hydrogen-bond donors (Lipinski definition) is 0. The number of nitrogens with zero attached hydrogens (tertiary/aromatic N) is 2. The third-order valence-corrected chi connectivity index (χ3v) is 9.96. The molecule has 0 saturated carbocycles. The van der Waals surface area contributed by atoms with Gasteiger partial charge in [0.1, 0.15) is 16.7 Å². The number of aromatic nitrogens is 2. The van der Waals surface area contributed by atoms with Crippen molar-refractivity contribution in [2.24, 2.45) is 0 Å². The second-order valence-corrected chi connectivity index (χ2v) is 12.8. The Balaban J connectivity index is 1.11. The predicted molar refractivity (Wildman–Crippen MR) is 202 cm³/mol. The lowest BCUT2D eigenvalue weighted by Crippen LogP contribution is -1.94. The molecule has 0 bridgehead atoms. The van der Waals surface area contributed by atoms with Crippen LogP contribution < -0.4 is 0 Å². The maximum absolute atomic E-state index is 6.55. The van der Waals surface area contributed by atoms with Crippen molar-refractivity contribution in [1.29, 1.82) is 0 Å². The SMILES string of the molecule is c1ccc(-c2cc3oc(-c4ccc(-n5c6cc7ccccc7cc6c6cc7ccccc7cc65)cc4)nc3c3c2oc2ccccc23)cc1. The Bertz CT molecular complexity index is 3000. The smallest absolute Gasteiger partial charge is 0.227 e. The topological polar surface area (TPSA) is 44.1 Å². The second kappa shape index (κ2) is 9.93. The van der Waals surface area contributed by atoms with Crippen molar-refractivity contribution in [3.63, 3.8) is 0 Å². The highest BCUT2D eigenvalue weighted by Gasteiger charge is 2.21. The highest BCUT2D eigenvalue weighted by molar-refractivity contribution is 6.21. The van der Waals surface area contributed by atoms with Crippen LogP contribution >= 0.6 is 0 Å². The normalized spacial score (nSPS) is 12.1. The average Bonchev–Trinajstić information content (AvgIpc) is 3.85. The standard InChI is InChI=1S/C45H26N2O2/c1-2-10-27(11-3-1)35-26-41-43(42-34-16-8-9-17-40(34)48-44(35)42)46-45(49-41)28-18-20-33(21-19-28)47-38-24-31-14-6-4-12-29(31)22-36(38)37-23-30-13-5-7-15-32(30)25-39(37)47/h1-26H. The molecule has 11 aromatic rings. The average molecular weight is 627 g/mol. The minimum absolute atomic E-state index is 0.581. The van der Waals surface area contributed by atoms with Crippen LogP contribution in [0.15, 0.2) is 167 Å². The number of hydrogen-bond acceptors (Lipinski definition) is 3. The van der Waals surface area contributed by atoms with Crippen LogP contribution in [0.3, 0.4) is 0 Å². The molecule has 0 unspecified atom stereocenters. The zero-order valence-electron chi connectivity index (χ0n) is 26.2. The molecule has 49 heavy (non-hydrogen) atoms. The summed E-state index contributed by atoms with van der Waals surface area (Å²) in [5.74, 6) is 0.581. The van der Waals surface area contributed by atoms with Gasteiger partial charge in [-0.3, -0.25) is 0 Å². The summed E-state index contributed by atoms with van der Waals surface area (Å²) in [6.45, 7) is 0. The highest BCUT2D eigenvalue weighted by atomic mass is 16.4. The molecule has 0 aliphatic carbocycles. The lowest BCUT2D eigenvalue weighted by atomic mass is 10.0. The molecule has 11 rings (SSSR count). The van der Waals surface area contributed by atoms with E-state index in [-0.39, 0.29) is 0 Å².